The first-order chi connectivity index (χ1) is 13.5. The Morgan fingerprint density at radius 2 is 1.61 bits per heavy atom. The van der Waals surface area contributed by atoms with Crippen molar-refractivity contribution in [2.45, 2.75) is 20.8 Å². The van der Waals surface area contributed by atoms with Gasteiger partial charge in [0.1, 0.15) is 13.3 Å². The second-order valence-electron chi connectivity index (χ2n) is 5.68. The molecular weight excluding hydrogens is 357 g/mol. The molecule has 0 aromatic carbocycles. The molecule has 0 aromatic rings. The average molecular weight is 394 g/mol. The normalized spacial score (nSPS) is 12.4. The number of terminal acetylenes is 1. The fourth-order valence-corrected chi connectivity index (χ4v) is 1.58. The van der Waals surface area contributed by atoms with E-state index in [2.05, 4.69) is 17.8 Å². The van der Waals surface area contributed by atoms with Gasteiger partial charge in [-0.2, -0.15) is 0 Å². The predicted octanol–water partition coefficient (Wildman–Crippen LogP) is 4.38. The monoisotopic (exact) mass is 393 g/mol. The SMILES string of the molecule is C#C/C=C(C)/C=C/C(C)=C/C=C(\C)OCCOCCOCCF.C=CCNC. The molecule has 0 aliphatic rings. The summed E-state index contributed by atoms with van der Waals surface area (Å²) >= 11 is 0. The Morgan fingerprint density at radius 1 is 1.00 bits per heavy atom. The largest absolute Gasteiger partial charge is 0.496 e. The summed E-state index contributed by atoms with van der Waals surface area (Å²) in [7, 11) is 1.89. The van der Waals surface area contributed by atoms with E-state index in [0.29, 0.717) is 26.4 Å². The smallest absolute Gasteiger partial charge is 0.113 e. The lowest BCUT2D eigenvalue weighted by Crippen LogP contribution is -2.09. The Bertz CT molecular complexity index is 543. The van der Waals surface area contributed by atoms with Crippen LogP contribution in [-0.4, -0.2) is 53.3 Å². The highest BCUT2D eigenvalue weighted by Gasteiger charge is 1.92. The zero-order chi connectivity index (χ0) is 21.5. The van der Waals surface area contributed by atoms with Crippen LogP contribution in [0.1, 0.15) is 20.8 Å². The number of nitrogens with one attached hydrogen (secondary N) is 1. The molecule has 5 heteroatoms. The Labute approximate surface area is 170 Å². The van der Waals surface area contributed by atoms with Crippen LogP contribution in [0.15, 0.2) is 59.9 Å². The summed E-state index contributed by atoms with van der Waals surface area (Å²) in [4.78, 5) is 0. The van der Waals surface area contributed by atoms with E-state index in [1.807, 2.05) is 58.2 Å². The Kier molecular flexibility index (Phi) is 23.0. The molecule has 0 unspecified atom stereocenters. The molecule has 0 heterocycles. The summed E-state index contributed by atoms with van der Waals surface area (Å²) in [5.41, 5.74) is 2.13. The molecule has 0 saturated carbocycles. The van der Waals surface area contributed by atoms with Gasteiger partial charge >= 0.3 is 0 Å². The van der Waals surface area contributed by atoms with E-state index in [4.69, 9.17) is 20.6 Å². The van der Waals surface area contributed by atoms with Crippen LogP contribution in [-0.2, 0) is 14.2 Å². The Balaban J connectivity index is 0. The molecular formula is C23H36FNO3. The van der Waals surface area contributed by atoms with E-state index in [1.165, 1.54) is 0 Å². The zero-order valence-corrected chi connectivity index (χ0v) is 17.8. The Hall–Kier alpha value is -2.13. The van der Waals surface area contributed by atoms with Crippen molar-refractivity contribution in [2.75, 3.05) is 53.3 Å². The fraction of sp³-hybridized carbons (Fsp3) is 0.478. The Morgan fingerprint density at radius 3 is 2.14 bits per heavy atom. The molecule has 0 saturated heterocycles. The third kappa shape index (κ3) is 23.9. The maximum Gasteiger partial charge on any atom is 0.113 e. The summed E-state index contributed by atoms with van der Waals surface area (Å²) < 4.78 is 27.5. The van der Waals surface area contributed by atoms with Crippen molar-refractivity contribution in [3.05, 3.63) is 59.9 Å². The first kappa shape index (κ1) is 28.1. The van der Waals surface area contributed by atoms with Crippen LogP contribution in [0.5, 0.6) is 0 Å². The molecule has 0 atom stereocenters. The van der Waals surface area contributed by atoms with Crippen LogP contribution >= 0.6 is 0 Å². The van der Waals surface area contributed by atoms with Crippen LogP contribution in [0.25, 0.3) is 0 Å². The van der Waals surface area contributed by atoms with E-state index >= 15 is 0 Å². The maximum atomic E-state index is 11.8. The third-order valence-corrected chi connectivity index (χ3v) is 3.00. The van der Waals surface area contributed by atoms with E-state index in [-0.39, 0.29) is 6.61 Å². The second-order valence-corrected chi connectivity index (χ2v) is 5.68. The molecule has 0 amide bonds. The molecule has 158 valence electrons. The van der Waals surface area contributed by atoms with E-state index in [1.54, 1.807) is 6.08 Å². The predicted molar refractivity (Wildman–Crippen MR) is 117 cm³/mol. The second kappa shape index (κ2) is 22.9. The molecule has 0 fully saturated rings. The van der Waals surface area contributed by atoms with Gasteiger partial charge in [0.25, 0.3) is 0 Å². The van der Waals surface area contributed by atoms with Crippen molar-refractivity contribution in [2.24, 2.45) is 0 Å². The molecule has 0 aliphatic carbocycles. The van der Waals surface area contributed by atoms with Gasteiger partial charge in [0.15, 0.2) is 0 Å². The number of likely N-dealkylation sites (N-methyl/N-ethyl adjacent to an activating group) is 1. The number of allylic oxidation sites excluding steroid dienone is 8. The minimum Gasteiger partial charge on any atom is -0.496 e. The van der Waals surface area contributed by atoms with Crippen LogP contribution in [0.2, 0.25) is 0 Å². The molecule has 0 aromatic heterocycles. The van der Waals surface area contributed by atoms with Crippen LogP contribution in [0, 0.1) is 12.3 Å². The quantitative estimate of drug-likeness (QED) is 0.156. The van der Waals surface area contributed by atoms with Gasteiger partial charge in [0.2, 0.25) is 0 Å². The molecule has 28 heavy (non-hydrogen) atoms. The first-order valence-corrected chi connectivity index (χ1v) is 9.27. The molecule has 0 radical (unpaired) electrons. The molecule has 1 N–H and O–H groups in total. The molecule has 0 spiro atoms. The summed E-state index contributed by atoms with van der Waals surface area (Å²) in [5, 5.41) is 2.90. The van der Waals surface area contributed by atoms with Crippen molar-refractivity contribution in [3.8, 4) is 12.3 Å². The number of halogens is 1. The van der Waals surface area contributed by atoms with Crippen molar-refractivity contribution >= 4 is 0 Å². The number of ether oxygens (including phenoxy) is 3. The highest BCUT2D eigenvalue weighted by molar-refractivity contribution is 5.31. The highest BCUT2D eigenvalue weighted by atomic mass is 19.1. The van der Waals surface area contributed by atoms with Gasteiger partial charge in [-0.05, 0) is 45.5 Å². The topological polar surface area (TPSA) is 39.7 Å². The van der Waals surface area contributed by atoms with Gasteiger partial charge < -0.3 is 19.5 Å². The van der Waals surface area contributed by atoms with Crippen LogP contribution < -0.4 is 5.32 Å². The van der Waals surface area contributed by atoms with Gasteiger partial charge in [0.05, 0.1) is 32.2 Å². The summed E-state index contributed by atoms with van der Waals surface area (Å²) in [6.45, 7) is 11.7. The molecule has 0 rings (SSSR count). The van der Waals surface area contributed by atoms with Crippen molar-refractivity contribution in [1.82, 2.24) is 5.32 Å². The molecule has 4 nitrogen and oxygen atoms in total. The lowest BCUT2D eigenvalue weighted by molar-refractivity contribution is 0.0241. The van der Waals surface area contributed by atoms with Gasteiger partial charge in [0, 0.05) is 6.54 Å². The minimum absolute atomic E-state index is 0.125. The van der Waals surface area contributed by atoms with E-state index in [9.17, 15) is 4.39 Å². The van der Waals surface area contributed by atoms with Crippen LogP contribution in [0.3, 0.4) is 0 Å². The van der Waals surface area contributed by atoms with Crippen molar-refractivity contribution < 1.29 is 18.6 Å². The minimum atomic E-state index is -0.463. The lowest BCUT2D eigenvalue weighted by atomic mass is 10.2. The summed E-state index contributed by atoms with van der Waals surface area (Å²) in [5.74, 6) is 3.30. The maximum absolute atomic E-state index is 11.8. The lowest BCUT2D eigenvalue weighted by Gasteiger charge is -2.07. The number of hydrogen-bond acceptors (Lipinski definition) is 4. The van der Waals surface area contributed by atoms with E-state index in [0.717, 1.165) is 23.5 Å². The number of hydrogen-bond donors (Lipinski definition) is 1. The zero-order valence-electron chi connectivity index (χ0n) is 17.8. The van der Waals surface area contributed by atoms with Crippen molar-refractivity contribution in [3.63, 3.8) is 0 Å². The van der Waals surface area contributed by atoms with Gasteiger partial charge in [-0.25, -0.2) is 4.39 Å². The van der Waals surface area contributed by atoms with Gasteiger partial charge in [-0.1, -0.05) is 35.8 Å². The van der Waals surface area contributed by atoms with Gasteiger partial charge in [-0.3, -0.25) is 0 Å². The fourth-order valence-electron chi connectivity index (χ4n) is 1.58. The third-order valence-electron chi connectivity index (χ3n) is 3.00. The average Bonchev–Trinajstić information content (AvgIpc) is 2.68. The molecule has 0 aliphatic heterocycles. The summed E-state index contributed by atoms with van der Waals surface area (Å²) in [6.07, 6.45) is 16.6. The first-order valence-electron chi connectivity index (χ1n) is 9.27. The van der Waals surface area contributed by atoms with E-state index < -0.39 is 6.67 Å². The summed E-state index contributed by atoms with van der Waals surface area (Å²) in [6, 6.07) is 0. The highest BCUT2D eigenvalue weighted by Crippen LogP contribution is 2.03. The van der Waals surface area contributed by atoms with Gasteiger partial charge in [-0.15, -0.1) is 13.0 Å². The number of rotatable bonds is 14. The number of alkyl halides is 1. The standard InChI is InChI=1S/C19H27FO3.C4H9N/c1-5-6-17(2)7-8-18(3)9-10-19(4)23-16-15-22-14-13-21-12-11-20;1-3-4-5-2/h1,6-10H,11-16H2,2-4H3;3,5H,1,4H2,2H3/b8-7+,17-6+,18-9+,19-10+;. The molecule has 0 bridgehead atoms. The van der Waals surface area contributed by atoms with Crippen LogP contribution in [0.4, 0.5) is 4.39 Å². The van der Waals surface area contributed by atoms with Crippen molar-refractivity contribution in [1.29, 1.82) is 0 Å².